The molecule has 41 heavy (non-hydrogen) atoms. The van der Waals surface area contributed by atoms with Crippen LogP contribution < -0.4 is 10.9 Å². The fraction of sp³-hybridized carbons (Fsp3) is 0.222. The lowest BCUT2D eigenvalue weighted by Crippen LogP contribution is -2.49. The minimum absolute atomic E-state index is 0.0334. The molecule has 1 saturated heterocycles. The van der Waals surface area contributed by atoms with Crippen molar-refractivity contribution in [3.63, 3.8) is 0 Å². The van der Waals surface area contributed by atoms with Crippen molar-refractivity contribution in [3.05, 3.63) is 88.9 Å². The molecule has 0 saturated carbocycles. The van der Waals surface area contributed by atoms with Gasteiger partial charge in [0.2, 0.25) is 5.96 Å². The van der Waals surface area contributed by atoms with Crippen molar-refractivity contribution in [3.8, 4) is 16.3 Å². The number of rotatable bonds is 5. The lowest BCUT2D eigenvalue weighted by atomic mass is 10.1. The second-order valence-corrected chi connectivity index (χ2v) is 11.9. The highest BCUT2D eigenvalue weighted by Crippen LogP contribution is 2.35. The normalized spacial score (nSPS) is 14.3. The number of nitrogens with zero attached hydrogens (tertiary/aromatic N) is 4. The molecule has 14 heteroatoms. The summed E-state index contributed by atoms with van der Waals surface area (Å²) in [5.74, 6) is -0.494. The third kappa shape index (κ3) is 6.43. The summed E-state index contributed by atoms with van der Waals surface area (Å²) in [7, 11) is -4.26. The lowest BCUT2D eigenvalue weighted by Gasteiger charge is -2.21. The number of nitrogens with one attached hydrogen (secondary N) is 2. The van der Waals surface area contributed by atoms with Crippen molar-refractivity contribution in [2.24, 2.45) is 4.40 Å². The van der Waals surface area contributed by atoms with Crippen molar-refractivity contribution in [1.29, 1.82) is 0 Å². The molecule has 0 spiro atoms. The Morgan fingerprint density at radius 1 is 1.00 bits per heavy atom. The largest absolute Gasteiger partial charge is 0.435 e. The maximum Gasteiger partial charge on any atom is 0.435 e. The van der Waals surface area contributed by atoms with Gasteiger partial charge in [0.1, 0.15) is 0 Å². The SMILES string of the molecule is Cc1ccc(C(=O)NN/C(=N/S(=O)(=O)c2ccc(-n3nc(C(F)(F)F)cc3-c3cccs3)cc2)N2CCCC2)cc1. The topological polar surface area (TPSA) is 109 Å². The molecule has 5 rings (SSSR count). The fourth-order valence-corrected chi connectivity index (χ4v) is 5.92. The van der Waals surface area contributed by atoms with Gasteiger partial charge in [-0.2, -0.15) is 26.7 Å². The Morgan fingerprint density at radius 3 is 2.29 bits per heavy atom. The predicted octanol–water partition coefficient (Wildman–Crippen LogP) is 5.00. The van der Waals surface area contributed by atoms with Crippen LogP contribution in [0.5, 0.6) is 0 Å². The maximum atomic E-state index is 13.4. The second kappa shape index (κ2) is 11.4. The molecule has 0 aliphatic carbocycles. The molecule has 3 heterocycles. The molecule has 2 aromatic carbocycles. The standard InChI is InChI=1S/C27H25F3N6O3S2/c1-18-6-8-19(9-7-18)25(37)31-32-26(35-14-2-3-15-35)34-41(38,39)21-12-10-20(11-13-21)36-22(23-5-4-16-40-23)17-24(33-36)27(28,29)30/h4-13,16-17H,2-3,14-15H2,1H3,(H,31,37)(H,32,34). The number of halogens is 3. The number of guanidine groups is 1. The van der Waals surface area contributed by atoms with Crippen LogP contribution in [-0.2, 0) is 16.2 Å². The first-order chi connectivity index (χ1) is 19.5. The minimum atomic E-state index is -4.65. The number of hydrazine groups is 1. The molecule has 0 atom stereocenters. The molecule has 9 nitrogen and oxygen atoms in total. The first-order valence-corrected chi connectivity index (χ1v) is 14.9. The molecule has 1 amide bonds. The van der Waals surface area contributed by atoms with Gasteiger partial charge in [-0.05, 0) is 73.7 Å². The molecule has 1 aliphatic rings. The summed E-state index contributed by atoms with van der Waals surface area (Å²) >= 11 is 1.26. The number of amides is 1. The van der Waals surface area contributed by atoms with Gasteiger partial charge in [-0.3, -0.25) is 15.6 Å². The van der Waals surface area contributed by atoms with Gasteiger partial charge < -0.3 is 4.90 Å². The minimum Gasteiger partial charge on any atom is -0.341 e. The van der Waals surface area contributed by atoms with Gasteiger partial charge >= 0.3 is 6.18 Å². The lowest BCUT2D eigenvalue weighted by molar-refractivity contribution is -0.141. The zero-order valence-corrected chi connectivity index (χ0v) is 23.4. The summed E-state index contributed by atoms with van der Waals surface area (Å²) in [5.41, 5.74) is 5.95. The van der Waals surface area contributed by atoms with Crippen LogP contribution in [0.1, 0.15) is 34.5 Å². The van der Waals surface area contributed by atoms with E-state index in [1.165, 1.54) is 35.6 Å². The number of carbonyl (C=O) groups excluding carboxylic acids is 1. The number of alkyl halides is 3. The van der Waals surface area contributed by atoms with Crippen molar-refractivity contribution in [1.82, 2.24) is 25.5 Å². The quantitative estimate of drug-likeness (QED) is 0.189. The molecule has 4 aromatic rings. The summed E-state index contributed by atoms with van der Waals surface area (Å²) in [6.07, 6.45) is -2.99. The Balaban J connectivity index is 1.41. The number of carbonyl (C=O) groups is 1. The summed E-state index contributed by atoms with van der Waals surface area (Å²) < 4.78 is 71.9. The highest BCUT2D eigenvalue weighted by atomic mass is 32.2. The van der Waals surface area contributed by atoms with E-state index in [1.54, 1.807) is 46.7 Å². The van der Waals surface area contributed by atoms with Crippen LogP contribution in [0.25, 0.3) is 16.3 Å². The van der Waals surface area contributed by atoms with Gasteiger partial charge in [0.05, 0.1) is 21.2 Å². The number of hydrogen-bond donors (Lipinski definition) is 2. The Labute approximate surface area is 238 Å². The number of aromatic nitrogens is 2. The molecular weight excluding hydrogens is 577 g/mol. The van der Waals surface area contributed by atoms with Crippen molar-refractivity contribution < 1.29 is 26.4 Å². The van der Waals surface area contributed by atoms with Crippen LogP contribution in [0.2, 0.25) is 0 Å². The Bertz CT molecular complexity index is 1660. The number of benzene rings is 2. The zero-order chi connectivity index (χ0) is 29.2. The van der Waals surface area contributed by atoms with Crippen molar-refractivity contribution >= 4 is 33.2 Å². The van der Waals surface area contributed by atoms with Crippen molar-refractivity contribution in [2.45, 2.75) is 30.8 Å². The van der Waals surface area contributed by atoms with Gasteiger partial charge in [0.15, 0.2) is 5.69 Å². The van der Waals surface area contributed by atoms with Gasteiger partial charge in [-0.15, -0.1) is 15.7 Å². The molecule has 214 valence electrons. The van der Waals surface area contributed by atoms with Gasteiger partial charge in [0, 0.05) is 18.7 Å². The molecule has 0 radical (unpaired) electrons. The Hall–Kier alpha value is -4.17. The first-order valence-electron chi connectivity index (χ1n) is 12.6. The number of aryl methyl sites for hydroxylation is 1. The molecule has 1 aliphatic heterocycles. The average molecular weight is 603 g/mol. The van der Waals surface area contributed by atoms with E-state index in [0.29, 0.717) is 23.5 Å². The van der Waals surface area contributed by atoms with Gasteiger partial charge in [-0.25, -0.2) is 4.68 Å². The highest BCUT2D eigenvalue weighted by molar-refractivity contribution is 7.90. The van der Waals surface area contributed by atoms with E-state index in [1.807, 2.05) is 6.92 Å². The summed E-state index contributed by atoms with van der Waals surface area (Å²) in [5, 5.41) is 5.47. The van der Waals surface area contributed by atoms with Crippen LogP contribution in [0.4, 0.5) is 13.2 Å². The average Bonchev–Trinajstić information content (AvgIpc) is 3.73. The Morgan fingerprint density at radius 2 is 1.68 bits per heavy atom. The van der Waals surface area contributed by atoms with Crippen LogP contribution in [0.15, 0.2) is 81.4 Å². The third-order valence-corrected chi connectivity index (χ3v) is 8.54. The van der Waals surface area contributed by atoms with E-state index in [4.69, 9.17) is 0 Å². The maximum absolute atomic E-state index is 13.4. The first kappa shape index (κ1) is 28.4. The number of sulfonamides is 1. The third-order valence-electron chi connectivity index (χ3n) is 6.37. The smallest absolute Gasteiger partial charge is 0.341 e. The van der Waals surface area contributed by atoms with E-state index >= 15 is 0 Å². The highest BCUT2D eigenvalue weighted by Gasteiger charge is 2.35. The van der Waals surface area contributed by atoms with E-state index < -0.39 is 27.8 Å². The number of thiophene rings is 1. The van der Waals surface area contributed by atoms with E-state index in [-0.39, 0.29) is 22.2 Å². The molecule has 0 unspecified atom stereocenters. The number of likely N-dealkylation sites (tertiary alicyclic amines) is 1. The molecule has 0 bridgehead atoms. The summed E-state index contributed by atoms with van der Waals surface area (Å²) in [6, 6.07) is 16.5. The second-order valence-electron chi connectivity index (χ2n) is 9.32. The number of hydrogen-bond acceptors (Lipinski definition) is 5. The fourth-order valence-electron chi connectivity index (χ4n) is 4.22. The molecule has 2 N–H and O–H groups in total. The Kier molecular flexibility index (Phi) is 7.87. The predicted molar refractivity (Wildman–Crippen MR) is 149 cm³/mol. The zero-order valence-electron chi connectivity index (χ0n) is 21.7. The molecular formula is C27H25F3N6O3S2. The molecule has 2 aromatic heterocycles. The summed E-state index contributed by atoms with van der Waals surface area (Å²) in [4.78, 5) is 14.7. The van der Waals surface area contributed by atoms with Crippen LogP contribution in [0.3, 0.4) is 0 Å². The van der Waals surface area contributed by atoms with Crippen LogP contribution in [0, 0.1) is 6.92 Å². The van der Waals surface area contributed by atoms with E-state index in [2.05, 4.69) is 20.3 Å². The van der Waals surface area contributed by atoms with Crippen LogP contribution >= 0.6 is 11.3 Å². The summed E-state index contributed by atoms with van der Waals surface area (Å²) in [6.45, 7) is 2.99. The van der Waals surface area contributed by atoms with Crippen molar-refractivity contribution in [2.75, 3.05) is 13.1 Å². The van der Waals surface area contributed by atoms with Gasteiger partial charge in [0.25, 0.3) is 15.9 Å². The monoisotopic (exact) mass is 602 g/mol. The van der Waals surface area contributed by atoms with Crippen LogP contribution in [-0.4, -0.2) is 48.1 Å². The van der Waals surface area contributed by atoms with E-state index in [0.717, 1.165) is 29.2 Å². The van der Waals surface area contributed by atoms with E-state index in [9.17, 15) is 26.4 Å². The van der Waals surface area contributed by atoms with Gasteiger partial charge in [-0.1, -0.05) is 23.8 Å². The molecule has 1 fully saturated rings.